The van der Waals surface area contributed by atoms with E-state index in [2.05, 4.69) is 116 Å². The molecule has 0 radical (unpaired) electrons. The Morgan fingerprint density at radius 1 is 0.467 bits per heavy atom. The van der Waals surface area contributed by atoms with E-state index in [1.165, 1.54) is 148 Å². The molecule has 0 aliphatic heterocycles. The maximum Gasteiger partial charge on any atom is 0.472 e. The van der Waals surface area contributed by atoms with E-state index in [0.29, 0.717) is 30.3 Å². The number of allylic oxidation sites excluding steroid dienone is 16. The number of hydrogen-bond acceptors (Lipinski definition) is 5. The molecule has 0 aliphatic rings. The lowest BCUT2D eigenvalue weighted by atomic mass is 10.0. The molecule has 0 aromatic carbocycles. The molecule has 0 bridgehead atoms. The summed E-state index contributed by atoms with van der Waals surface area (Å²) >= 11 is 0. The summed E-state index contributed by atoms with van der Waals surface area (Å²) in [5, 5.41) is 14.1. The number of rotatable bonds is 56. The number of unbranched alkanes of at least 4 members (excludes halogenated alkanes) is 27. The third kappa shape index (κ3) is 58.9. The van der Waals surface area contributed by atoms with Crippen LogP contribution in [0.2, 0.25) is 0 Å². The summed E-state index contributed by atoms with van der Waals surface area (Å²) < 4.78 is 23.8. The van der Waals surface area contributed by atoms with Crippen LogP contribution in [0.4, 0.5) is 0 Å². The van der Waals surface area contributed by atoms with Gasteiger partial charge in [-0.05, 0) is 77.0 Å². The molecule has 8 nitrogen and oxygen atoms in total. The van der Waals surface area contributed by atoms with E-state index in [0.717, 1.165) is 83.5 Å². The summed E-state index contributed by atoms with van der Waals surface area (Å²) in [6.07, 6.45) is 80.5. The van der Waals surface area contributed by atoms with Crippen LogP contribution >= 0.6 is 7.82 Å². The van der Waals surface area contributed by atoms with Crippen molar-refractivity contribution >= 4 is 13.7 Å². The van der Waals surface area contributed by atoms with Gasteiger partial charge >= 0.3 is 7.82 Å². The van der Waals surface area contributed by atoms with Crippen molar-refractivity contribution in [1.29, 1.82) is 0 Å². The van der Waals surface area contributed by atoms with Crippen LogP contribution in [-0.2, 0) is 18.4 Å². The maximum absolute atomic E-state index is 13.0. The highest BCUT2D eigenvalue weighted by molar-refractivity contribution is 7.47. The molecule has 0 aromatic heterocycles. The second-order valence-corrected chi connectivity index (χ2v) is 23.5. The molecule has 0 rings (SSSR count). The molecular formula is C66H120N2O6P+. The van der Waals surface area contributed by atoms with Crippen molar-refractivity contribution in [2.75, 3.05) is 40.9 Å². The third-order valence-corrected chi connectivity index (χ3v) is 14.6. The molecule has 3 atom stereocenters. The quantitative estimate of drug-likeness (QED) is 0.0243. The number of amides is 1. The van der Waals surface area contributed by atoms with Gasteiger partial charge in [0.25, 0.3) is 0 Å². The van der Waals surface area contributed by atoms with Gasteiger partial charge in [0.05, 0.1) is 39.9 Å². The van der Waals surface area contributed by atoms with Gasteiger partial charge in [-0.1, -0.05) is 278 Å². The summed E-state index contributed by atoms with van der Waals surface area (Å²) in [5.74, 6) is -0.187. The van der Waals surface area contributed by atoms with E-state index in [1.807, 2.05) is 21.1 Å². The van der Waals surface area contributed by atoms with E-state index in [-0.39, 0.29) is 19.1 Å². The Bertz CT molecular complexity index is 1540. The van der Waals surface area contributed by atoms with E-state index in [4.69, 9.17) is 9.05 Å². The molecule has 1 amide bonds. The topological polar surface area (TPSA) is 105 Å². The molecule has 0 aromatic rings. The normalized spacial score (nSPS) is 14.5. The Morgan fingerprint density at radius 3 is 1.15 bits per heavy atom. The van der Waals surface area contributed by atoms with E-state index in [9.17, 15) is 19.4 Å². The van der Waals surface area contributed by atoms with Gasteiger partial charge in [0, 0.05) is 6.42 Å². The van der Waals surface area contributed by atoms with Crippen molar-refractivity contribution in [2.45, 2.75) is 276 Å². The monoisotopic (exact) mass is 1070 g/mol. The Labute approximate surface area is 464 Å². The Kier molecular flexibility index (Phi) is 54.2. The summed E-state index contributed by atoms with van der Waals surface area (Å²) in [6.45, 7) is 4.76. The zero-order valence-corrected chi connectivity index (χ0v) is 50.4. The largest absolute Gasteiger partial charge is 0.472 e. The highest BCUT2D eigenvalue weighted by Crippen LogP contribution is 2.43. The number of likely N-dealkylation sites (N-methyl/N-ethyl adjacent to an activating group) is 1. The van der Waals surface area contributed by atoms with Gasteiger partial charge in [-0.3, -0.25) is 13.8 Å². The minimum absolute atomic E-state index is 0.0610. The van der Waals surface area contributed by atoms with Crippen molar-refractivity contribution in [2.24, 2.45) is 0 Å². The molecular weight excluding hydrogens is 948 g/mol. The van der Waals surface area contributed by atoms with Crippen LogP contribution in [-0.4, -0.2) is 73.4 Å². The van der Waals surface area contributed by atoms with Crippen molar-refractivity contribution in [3.63, 3.8) is 0 Å². The van der Waals surface area contributed by atoms with Gasteiger partial charge in [0.1, 0.15) is 13.2 Å². The lowest BCUT2D eigenvalue weighted by Gasteiger charge is -2.26. The molecule has 0 heterocycles. The number of phosphoric acid groups is 1. The van der Waals surface area contributed by atoms with E-state index in [1.54, 1.807) is 0 Å². The molecule has 0 saturated heterocycles. The van der Waals surface area contributed by atoms with Crippen molar-refractivity contribution in [1.82, 2.24) is 5.32 Å². The van der Waals surface area contributed by atoms with Crippen molar-refractivity contribution < 1.29 is 32.9 Å². The maximum atomic E-state index is 13.0. The number of hydrogen-bond donors (Lipinski definition) is 3. The first kappa shape index (κ1) is 72.4. The molecule has 0 spiro atoms. The Hall–Kier alpha value is -2.58. The molecule has 434 valence electrons. The average Bonchev–Trinajstić information content (AvgIpc) is 3.37. The fourth-order valence-electron chi connectivity index (χ4n) is 8.77. The first-order chi connectivity index (χ1) is 36.5. The Balaban J connectivity index is 4.24. The zero-order valence-electron chi connectivity index (χ0n) is 49.5. The molecule has 0 fully saturated rings. The van der Waals surface area contributed by atoms with Gasteiger partial charge in [0.2, 0.25) is 5.91 Å². The van der Waals surface area contributed by atoms with Crippen LogP contribution < -0.4 is 5.32 Å². The van der Waals surface area contributed by atoms with E-state index < -0.39 is 20.0 Å². The van der Waals surface area contributed by atoms with Crippen LogP contribution in [0.15, 0.2) is 97.2 Å². The van der Waals surface area contributed by atoms with Gasteiger partial charge in [-0.15, -0.1) is 0 Å². The molecule has 3 N–H and O–H groups in total. The number of quaternary nitrogens is 1. The molecule has 75 heavy (non-hydrogen) atoms. The fraction of sp³-hybridized carbons (Fsp3) is 0.742. The first-order valence-corrected chi connectivity index (χ1v) is 32.6. The lowest BCUT2D eigenvalue weighted by Crippen LogP contribution is -2.46. The number of aliphatic hydroxyl groups is 1. The number of nitrogens with one attached hydrogen (secondary N) is 1. The minimum atomic E-state index is -4.35. The second-order valence-electron chi connectivity index (χ2n) is 22.1. The van der Waals surface area contributed by atoms with Gasteiger partial charge in [0.15, 0.2) is 0 Å². The van der Waals surface area contributed by atoms with Crippen molar-refractivity contribution in [3.8, 4) is 0 Å². The number of phosphoric ester groups is 1. The van der Waals surface area contributed by atoms with Crippen LogP contribution in [0.25, 0.3) is 0 Å². The summed E-state index contributed by atoms with van der Waals surface area (Å²) in [5.41, 5.74) is 0. The van der Waals surface area contributed by atoms with Crippen LogP contribution in [0.3, 0.4) is 0 Å². The van der Waals surface area contributed by atoms with Crippen molar-refractivity contribution in [3.05, 3.63) is 97.2 Å². The minimum Gasteiger partial charge on any atom is -0.391 e. The predicted molar refractivity (Wildman–Crippen MR) is 327 cm³/mol. The molecule has 9 heteroatoms. The third-order valence-electron chi connectivity index (χ3n) is 13.6. The van der Waals surface area contributed by atoms with Crippen LogP contribution in [0.1, 0.15) is 264 Å². The standard InChI is InChI=1S/C66H119N2O6P/c1-6-8-10-12-14-16-18-20-22-24-26-28-30-32-34-36-38-40-42-44-46-48-50-52-54-56-58-60-66(70)67-64(63-74-75(71,72)73-62-61-68(3,4)5)65(69)59-57-55-53-51-49-47-45-43-41-39-37-35-33-31-29-27-25-23-21-19-17-15-13-11-9-7-2/h8,10,14,16,20,22,26,28,32,34,38,40,44,46,50,52,64-65,69H,6-7,9,11-13,15,17-19,21,23-25,27,29-31,33,35-37,39,41-43,45,47-49,51,53-63H2,1-5H3,(H-,67,70,71,72)/p+1/b10-8-,16-14-,22-20-,28-26-,34-32-,40-38-,46-44-,52-50-. The predicted octanol–water partition coefficient (Wildman–Crippen LogP) is 19.4. The number of nitrogens with zero attached hydrogens (tertiary/aromatic N) is 1. The molecule has 0 aliphatic carbocycles. The first-order valence-electron chi connectivity index (χ1n) is 31.1. The molecule has 3 unspecified atom stereocenters. The van der Waals surface area contributed by atoms with Gasteiger partial charge in [-0.25, -0.2) is 4.57 Å². The van der Waals surface area contributed by atoms with Gasteiger partial charge in [-0.2, -0.15) is 0 Å². The summed E-state index contributed by atoms with van der Waals surface area (Å²) in [4.78, 5) is 23.4. The number of carbonyl (C=O) groups is 1. The second kappa shape index (κ2) is 56.2. The number of aliphatic hydroxyl groups excluding tert-OH is 1. The highest BCUT2D eigenvalue weighted by Gasteiger charge is 2.28. The molecule has 0 saturated carbocycles. The summed E-state index contributed by atoms with van der Waals surface area (Å²) in [6, 6.07) is -0.793. The Morgan fingerprint density at radius 2 is 0.800 bits per heavy atom. The van der Waals surface area contributed by atoms with Gasteiger partial charge < -0.3 is 19.8 Å². The smallest absolute Gasteiger partial charge is 0.391 e. The summed E-state index contributed by atoms with van der Waals surface area (Å²) in [7, 11) is 1.58. The lowest BCUT2D eigenvalue weighted by molar-refractivity contribution is -0.870. The van der Waals surface area contributed by atoms with E-state index >= 15 is 0 Å². The fourth-order valence-corrected chi connectivity index (χ4v) is 9.51. The average molecular weight is 1070 g/mol. The van der Waals surface area contributed by atoms with Crippen LogP contribution in [0.5, 0.6) is 0 Å². The number of carbonyl (C=O) groups excluding carboxylic acids is 1. The van der Waals surface area contributed by atoms with Crippen LogP contribution in [0, 0.1) is 0 Å². The zero-order chi connectivity index (χ0) is 54.9. The highest BCUT2D eigenvalue weighted by atomic mass is 31.2. The SMILES string of the molecule is CC/C=C\C/C=C\C/C=C\C/C=C\C/C=C\C/C=C\C/C=C\C/C=C\CCCCC(=O)NC(COP(=O)(O)OCC[N+](C)(C)C)C(O)CCCCCCCCCCCCCCCCCCCCCCCCCCCC.